The maximum absolute atomic E-state index is 13.8. The van der Waals surface area contributed by atoms with Crippen molar-refractivity contribution in [3.8, 4) is 5.69 Å². The van der Waals surface area contributed by atoms with Gasteiger partial charge in [0.25, 0.3) is 10.0 Å². The minimum atomic E-state index is -4.40. The van der Waals surface area contributed by atoms with Crippen molar-refractivity contribution in [1.29, 1.82) is 0 Å². The number of aromatic nitrogens is 2. The van der Waals surface area contributed by atoms with Crippen LogP contribution in [0.3, 0.4) is 0 Å². The van der Waals surface area contributed by atoms with E-state index in [-0.39, 0.29) is 5.69 Å². The van der Waals surface area contributed by atoms with Gasteiger partial charge in [-0.1, -0.05) is 18.2 Å². The molecule has 0 aliphatic rings. The van der Waals surface area contributed by atoms with Gasteiger partial charge in [-0.15, -0.1) is 0 Å². The van der Waals surface area contributed by atoms with Crippen molar-refractivity contribution in [3.63, 3.8) is 0 Å². The van der Waals surface area contributed by atoms with Gasteiger partial charge < -0.3 is 0 Å². The Hall–Kier alpha value is -3.26. The van der Waals surface area contributed by atoms with Gasteiger partial charge in [0.05, 0.1) is 11.0 Å². The van der Waals surface area contributed by atoms with E-state index >= 15 is 0 Å². The molecule has 8 heteroatoms. The molecule has 1 heterocycles. The molecule has 0 bridgehead atoms. The molecular formula is C19H13F2N3O2S. The third-order valence-corrected chi connectivity index (χ3v) is 5.47. The normalized spacial score (nSPS) is 11.6. The maximum atomic E-state index is 13.8. The summed E-state index contributed by atoms with van der Waals surface area (Å²) in [6, 6.07) is 16.9. The quantitative estimate of drug-likeness (QED) is 0.575. The second-order valence-corrected chi connectivity index (χ2v) is 7.43. The summed E-state index contributed by atoms with van der Waals surface area (Å²) in [4.78, 5) is 3.30. The Morgan fingerprint density at radius 2 is 1.52 bits per heavy atom. The molecule has 4 aromatic rings. The first-order valence-corrected chi connectivity index (χ1v) is 9.43. The largest absolute Gasteiger partial charge is 0.299 e. The Morgan fingerprint density at radius 1 is 0.852 bits per heavy atom. The van der Waals surface area contributed by atoms with Crippen LogP contribution < -0.4 is 4.72 Å². The van der Waals surface area contributed by atoms with Crippen LogP contribution >= 0.6 is 0 Å². The molecule has 0 saturated heterocycles. The van der Waals surface area contributed by atoms with Crippen LogP contribution in [-0.4, -0.2) is 18.0 Å². The lowest BCUT2D eigenvalue weighted by molar-refractivity contribution is 0.521. The SMILES string of the molecule is O=S(=O)(Nc1ccc(-n2cnc3ccccc32)cc1)c1c(F)cccc1F. The van der Waals surface area contributed by atoms with Crippen molar-refractivity contribution < 1.29 is 17.2 Å². The van der Waals surface area contributed by atoms with Crippen molar-refractivity contribution in [2.24, 2.45) is 0 Å². The van der Waals surface area contributed by atoms with Crippen LogP contribution in [0.1, 0.15) is 0 Å². The van der Waals surface area contributed by atoms with Gasteiger partial charge in [0, 0.05) is 11.4 Å². The number of para-hydroxylation sites is 2. The lowest BCUT2D eigenvalue weighted by atomic mass is 10.2. The zero-order chi connectivity index (χ0) is 19.0. The number of hydrogen-bond acceptors (Lipinski definition) is 3. The van der Waals surface area contributed by atoms with E-state index in [0.29, 0.717) is 0 Å². The summed E-state index contributed by atoms with van der Waals surface area (Å²) in [6.45, 7) is 0. The van der Waals surface area contributed by atoms with E-state index in [9.17, 15) is 17.2 Å². The van der Waals surface area contributed by atoms with Gasteiger partial charge in [0.1, 0.15) is 18.0 Å². The summed E-state index contributed by atoms with van der Waals surface area (Å²) < 4.78 is 56.3. The first-order valence-electron chi connectivity index (χ1n) is 7.95. The lowest BCUT2D eigenvalue weighted by Crippen LogP contribution is -2.16. The molecule has 27 heavy (non-hydrogen) atoms. The Balaban J connectivity index is 1.65. The van der Waals surface area contributed by atoms with E-state index in [1.807, 2.05) is 28.8 Å². The fraction of sp³-hybridized carbons (Fsp3) is 0. The third-order valence-electron chi connectivity index (χ3n) is 4.04. The monoisotopic (exact) mass is 385 g/mol. The topological polar surface area (TPSA) is 64.0 Å². The predicted octanol–water partition coefficient (Wildman–Crippen LogP) is 4.10. The summed E-state index contributed by atoms with van der Waals surface area (Å²) >= 11 is 0. The first-order chi connectivity index (χ1) is 13.0. The minimum absolute atomic E-state index is 0.186. The van der Waals surface area contributed by atoms with Crippen molar-refractivity contribution >= 4 is 26.7 Å². The van der Waals surface area contributed by atoms with Crippen LogP contribution in [0.5, 0.6) is 0 Å². The number of anilines is 1. The summed E-state index contributed by atoms with van der Waals surface area (Å²) in [6.07, 6.45) is 1.67. The number of nitrogens with zero attached hydrogens (tertiary/aromatic N) is 2. The number of nitrogens with one attached hydrogen (secondary N) is 1. The highest BCUT2D eigenvalue weighted by Gasteiger charge is 2.23. The van der Waals surface area contributed by atoms with Gasteiger partial charge in [-0.2, -0.15) is 0 Å². The number of imidazole rings is 1. The molecule has 0 aliphatic carbocycles. The van der Waals surface area contributed by atoms with E-state index < -0.39 is 26.6 Å². The van der Waals surface area contributed by atoms with Gasteiger partial charge in [0.2, 0.25) is 0 Å². The molecule has 1 N–H and O–H groups in total. The highest BCUT2D eigenvalue weighted by Crippen LogP contribution is 2.23. The van der Waals surface area contributed by atoms with E-state index in [1.165, 1.54) is 12.1 Å². The van der Waals surface area contributed by atoms with Crippen LogP contribution in [0, 0.1) is 11.6 Å². The van der Waals surface area contributed by atoms with Crippen LogP contribution in [0.25, 0.3) is 16.7 Å². The summed E-state index contributed by atoms with van der Waals surface area (Å²) in [5.74, 6) is -2.30. The second kappa shape index (κ2) is 6.48. The third kappa shape index (κ3) is 3.15. The number of hydrogen-bond donors (Lipinski definition) is 1. The smallest absolute Gasteiger partial charge is 0.267 e. The molecule has 0 fully saturated rings. The zero-order valence-electron chi connectivity index (χ0n) is 13.8. The Bertz CT molecular complexity index is 1220. The van der Waals surface area contributed by atoms with Gasteiger partial charge in [-0.3, -0.25) is 9.29 Å². The zero-order valence-corrected chi connectivity index (χ0v) is 14.6. The highest BCUT2D eigenvalue weighted by molar-refractivity contribution is 7.92. The number of halogens is 2. The van der Waals surface area contributed by atoms with Crippen molar-refractivity contribution in [2.75, 3.05) is 4.72 Å². The number of sulfonamides is 1. The maximum Gasteiger partial charge on any atom is 0.267 e. The predicted molar refractivity (Wildman–Crippen MR) is 98.2 cm³/mol. The Kier molecular flexibility index (Phi) is 4.12. The van der Waals surface area contributed by atoms with Crippen molar-refractivity contribution in [2.45, 2.75) is 4.90 Å². The van der Waals surface area contributed by atoms with E-state index in [4.69, 9.17) is 0 Å². The van der Waals surface area contributed by atoms with Crippen LogP contribution in [0.4, 0.5) is 14.5 Å². The van der Waals surface area contributed by atoms with Crippen LogP contribution in [0.15, 0.2) is 78.0 Å². The average Bonchev–Trinajstić information content (AvgIpc) is 3.06. The molecule has 0 unspecified atom stereocenters. The van der Waals surface area contributed by atoms with E-state index in [1.54, 1.807) is 18.5 Å². The number of rotatable bonds is 4. The summed E-state index contributed by atoms with van der Waals surface area (Å²) in [7, 11) is -4.40. The molecule has 0 amide bonds. The van der Waals surface area contributed by atoms with Crippen LogP contribution in [-0.2, 0) is 10.0 Å². The highest BCUT2D eigenvalue weighted by atomic mass is 32.2. The molecule has 0 saturated carbocycles. The fourth-order valence-corrected chi connectivity index (χ4v) is 4.00. The molecule has 1 aromatic heterocycles. The first kappa shape index (κ1) is 17.2. The van der Waals surface area contributed by atoms with Gasteiger partial charge in [-0.05, 0) is 48.5 Å². The molecule has 0 aliphatic heterocycles. The van der Waals surface area contributed by atoms with Crippen LogP contribution in [0.2, 0.25) is 0 Å². The van der Waals surface area contributed by atoms with Gasteiger partial charge in [-0.25, -0.2) is 22.2 Å². The molecule has 3 aromatic carbocycles. The molecular weight excluding hydrogens is 372 g/mol. The molecule has 0 radical (unpaired) electrons. The summed E-state index contributed by atoms with van der Waals surface area (Å²) in [5.41, 5.74) is 2.69. The van der Waals surface area contributed by atoms with Gasteiger partial charge in [0.15, 0.2) is 4.90 Å². The summed E-state index contributed by atoms with van der Waals surface area (Å²) in [5, 5.41) is 0. The Morgan fingerprint density at radius 3 is 2.22 bits per heavy atom. The number of fused-ring (bicyclic) bond motifs is 1. The molecule has 0 spiro atoms. The minimum Gasteiger partial charge on any atom is -0.299 e. The Labute approximate surface area is 154 Å². The molecule has 4 rings (SSSR count). The van der Waals surface area contributed by atoms with Gasteiger partial charge >= 0.3 is 0 Å². The number of benzene rings is 3. The lowest BCUT2D eigenvalue weighted by Gasteiger charge is -2.11. The standard InChI is InChI=1S/C19H13F2N3O2S/c20-15-4-3-5-16(21)19(15)27(25,26)23-13-8-10-14(11-9-13)24-12-22-17-6-1-2-7-18(17)24/h1-12,23H. The average molecular weight is 385 g/mol. The van der Waals surface area contributed by atoms with E-state index in [2.05, 4.69) is 9.71 Å². The molecule has 0 atom stereocenters. The van der Waals surface area contributed by atoms with Crippen molar-refractivity contribution in [3.05, 3.63) is 84.7 Å². The van der Waals surface area contributed by atoms with E-state index in [0.717, 1.165) is 34.9 Å². The molecule has 5 nitrogen and oxygen atoms in total. The van der Waals surface area contributed by atoms with Crippen molar-refractivity contribution in [1.82, 2.24) is 9.55 Å². The molecule has 136 valence electrons. The fourth-order valence-electron chi connectivity index (χ4n) is 2.80. The second-order valence-electron chi connectivity index (χ2n) is 5.81.